The number of nitro groups is 1. The molecule has 10 heteroatoms. The number of carbonyl (C=O) groups is 1. The second-order valence-corrected chi connectivity index (χ2v) is 9.17. The van der Waals surface area contributed by atoms with Crippen molar-refractivity contribution < 1.29 is 27.6 Å². The molecular formula is C21H20N2O7S. The molecule has 1 amide bonds. The van der Waals surface area contributed by atoms with Crippen LogP contribution >= 0.6 is 0 Å². The number of amides is 1. The molecule has 0 saturated carbocycles. The second-order valence-electron chi connectivity index (χ2n) is 7.25. The number of nitrogens with zero attached hydrogens (tertiary/aromatic N) is 2. The average molecular weight is 444 g/mol. The number of allylic oxidation sites excluding steroid dienone is 2. The lowest BCUT2D eigenvalue weighted by Crippen LogP contribution is -2.42. The van der Waals surface area contributed by atoms with Gasteiger partial charge in [-0.15, -0.1) is 0 Å². The summed E-state index contributed by atoms with van der Waals surface area (Å²) in [5.74, 6) is -0.471. The van der Waals surface area contributed by atoms with E-state index < -0.39 is 33.0 Å². The van der Waals surface area contributed by atoms with Gasteiger partial charge < -0.3 is 9.47 Å². The van der Waals surface area contributed by atoms with E-state index in [1.165, 1.54) is 29.2 Å². The molecule has 0 unspecified atom stereocenters. The number of ether oxygens (including phenoxy) is 2. The van der Waals surface area contributed by atoms with Crippen LogP contribution < -0.4 is 0 Å². The predicted octanol–water partition coefficient (Wildman–Crippen LogP) is 3.58. The number of hydrogen-bond donors (Lipinski definition) is 0. The molecule has 0 aliphatic carbocycles. The summed E-state index contributed by atoms with van der Waals surface area (Å²) in [6.45, 7) is 2.13. The van der Waals surface area contributed by atoms with Crippen LogP contribution in [0.4, 0.5) is 10.5 Å². The van der Waals surface area contributed by atoms with E-state index in [4.69, 9.17) is 9.47 Å². The van der Waals surface area contributed by atoms with Gasteiger partial charge in [-0.05, 0) is 24.6 Å². The van der Waals surface area contributed by atoms with E-state index in [0.29, 0.717) is 12.1 Å². The minimum absolute atomic E-state index is 0.0800. The molecule has 0 aromatic heterocycles. The fourth-order valence-corrected chi connectivity index (χ4v) is 5.74. The Bertz CT molecular complexity index is 1140. The topological polar surface area (TPSA) is 116 Å². The van der Waals surface area contributed by atoms with Gasteiger partial charge in [0.1, 0.15) is 12.4 Å². The molecule has 2 aliphatic heterocycles. The van der Waals surface area contributed by atoms with Crippen LogP contribution in [0.15, 0.2) is 70.2 Å². The first-order valence-electron chi connectivity index (χ1n) is 9.64. The third-order valence-electron chi connectivity index (χ3n) is 5.40. The second kappa shape index (κ2) is 8.03. The maximum atomic E-state index is 13.5. The molecule has 9 nitrogen and oxygen atoms in total. The zero-order valence-corrected chi connectivity index (χ0v) is 17.4. The van der Waals surface area contributed by atoms with E-state index >= 15 is 0 Å². The summed E-state index contributed by atoms with van der Waals surface area (Å²) in [7, 11) is -3.91. The van der Waals surface area contributed by atoms with Crippen LogP contribution in [0.2, 0.25) is 0 Å². The lowest BCUT2D eigenvalue weighted by atomic mass is 9.91. The SMILES string of the molecule is CC1=C(S(=O)(=O)c2ccccc2)[C@H](c2ccc([N+](=O)[O-])cc2)C[C@@H](N2CCOC2=O)O1. The summed E-state index contributed by atoms with van der Waals surface area (Å²) >= 11 is 0. The predicted molar refractivity (Wildman–Crippen MR) is 110 cm³/mol. The van der Waals surface area contributed by atoms with Gasteiger partial charge in [-0.25, -0.2) is 13.2 Å². The molecule has 1 saturated heterocycles. The van der Waals surface area contributed by atoms with Crippen LogP contribution in [0.25, 0.3) is 0 Å². The highest BCUT2D eigenvalue weighted by atomic mass is 32.2. The lowest BCUT2D eigenvalue weighted by Gasteiger charge is -2.36. The summed E-state index contributed by atoms with van der Waals surface area (Å²) in [6.07, 6.45) is -1.05. The van der Waals surface area contributed by atoms with Crippen molar-refractivity contribution in [2.75, 3.05) is 13.2 Å². The Labute approximate surface area is 178 Å². The highest BCUT2D eigenvalue weighted by Gasteiger charge is 2.42. The van der Waals surface area contributed by atoms with Crippen molar-refractivity contribution in [2.45, 2.75) is 30.4 Å². The molecule has 2 aromatic rings. The van der Waals surface area contributed by atoms with Crippen LogP contribution in [0.3, 0.4) is 0 Å². The van der Waals surface area contributed by atoms with Gasteiger partial charge in [0.2, 0.25) is 9.84 Å². The van der Waals surface area contributed by atoms with Gasteiger partial charge in [-0.2, -0.15) is 0 Å². The average Bonchev–Trinajstić information content (AvgIpc) is 3.19. The summed E-state index contributed by atoms with van der Waals surface area (Å²) < 4.78 is 37.9. The van der Waals surface area contributed by atoms with Gasteiger partial charge in [-0.3, -0.25) is 15.0 Å². The summed E-state index contributed by atoms with van der Waals surface area (Å²) in [6, 6.07) is 13.8. The van der Waals surface area contributed by atoms with Gasteiger partial charge in [-0.1, -0.05) is 30.3 Å². The van der Waals surface area contributed by atoms with Gasteiger partial charge in [0.15, 0.2) is 6.23 Å². The Hall–Kier alpha value is -3.40. The van der Waals surface area contributed by atoms with Crippen LogP contribution in [-0.4, -0.2) is 43.7 Å². The molecule has 2 atom stereocenters. The van der Waals surface area contributed by atoms with Crippen molar-refractivity contribution >= 4 is 21.6 Å². The first-order chi connectivity index (χ1) is 14.8. The zero-order valence-electron chi connectivity index (χ0n) is 16.6. The monoisotopic (exact) mass is 444 g/mol. The third kappa shape index (κ3) is 3.86. The number of rotatable bonds is 5. The van der Waals surface area contributed by atoms with Crippen LogP contribution in [0.1, 0.15) is 24.8 Å². The van der Waals surface area contributed by atoms with Crippen molar-refractivity contribution in [1.29, 1.82) is 0 Å². The zero-order chi connectivity index (χ0) is 22.2. The number of hydrogen-bond acceptors (Lipinski definition) is 7. The number of sulfone groups is 1. The number of nitro benzene ring substituents is 1. The van der Waals surface area contributed by atoms with E-state index in [2.05, 4.69) is 0 Å². The molecule has 0 radical (unpaired) electrons. The number of cyclic esters (lactones) is 1. The Morgan fingerprint density at radius 3 is 2.35 bits per heavy atom. The molecule has 1 fully saturated rings. The molecule has 0 bridgehead atoms. The van der Waals surface area contributed by atoms with Gasteiger partial charge in [0.25, 0.3) is 5.69 Å². The summed E-state index contributed by atoms with van der Waals surface area (Å²) in [4.78, 5) is 24.2. The standard InChI is InChI=1S/C21H20N2O7S/c1-14-20(31(27,28)17-5-3-2-4-6-17)18(15-7-9-16(10-8-15)23(25)26)13-19(30-14)22-11-12-29-21(22)24/h2-10,18-19H,11-13H2,1H3/t18-,19-/m0/s1. The quantitative estimate of drug-likeness (QED) is 0.511. The Kier molecular flexibility index (Phi) is 5.40. The first-order valence-corrected chi connectivity index (χ1v) is 11.1. The highest BCUT2D eigenvalue weighted by Crippen LogP contribution is 2.43. The van der Waals surface area contributed by atoms with E-state index in [1.54, 1.807) is 37.3 Å². The van der Waals surface area contributed by atoms with Crippen LogP contribution in [0.5, 0.6) is 0 Å². The van der Waals surface area contributed by atoms with Crippen molar-refractivity contribution in [1.82, 2.24) is 4.90 Å². The van der Waals surface area contributed by atoms with Crippen molar-refractivity contribution in [3.05, 3.63) is 80.9 Å². The fourth-order valence-electron chi connectivity index (χ4n) is 3.94. The smallest absolute Gasteiger partial charge is 0.412 e. The third-order valence-corrected chi connectivity index (χ3v) is 7.45. The number of benzene rings is 2. The molecule has 2 heterocycles. The van der Waals surface area contributed by atoms with Gasteiger partial charge in [0, 0.05) is 24.5 Å². The minimum atomic E-state index is -3.91. The van der Waals surface area contributed by atoms with Gasteiger partial charge >= 0.3 is 6.09 Å². The molecule has 162 valence electrons. The largest absolute Gasteiger partial charge is 0.474 e. The van der Waals surface area contributed by atoms with Crippen molar-refractivity contribution in [3.63, 3.8) is 0 Å². The molecule has 4 rings (SSSR count). The molecule has 2 aliphatic rings. The fraction of sp³-hybridized carbons (Fsp3) is 0.286. The normalized spacial score (nSPS) is 21.6. The van der Waals surface area contributed by atoms with E-state index in [1.807, 2.05) is 0 Å². The highest BCUT2D eigenvalue weighted by molar-refractivity contribution is 7.95. The minimum Gasteiger partial charge on any atom is -0.474 e. The van der Waals surface area contributed by atoms with Crippen molar-refractivity contribution in [3.8, 4) is 0 Å². The maximum absolute atomic E-state index is 13.5. The Morgan fingerprint density at radius 1 is 1.10 bits per heavy atom. The molecular weight excluding hydrogens is 424 g/mol. The summed E-state index contributed by atoms with van der Waals surface area (Å²) in [5.41, 5.74) is 0.490. The van der Waals surface area contributed by atoms with Gasteiger partial charge in [0.05, 0.1) is 21.3 Å². The lowest BCUT2D eigenvalue weighted by molar-refractivity contribution is -0.384. The maximum Gasteiger partial charge on any atom is 0.412 e. The van der Waals surface area contributed by atoms with E-state index in [-0.39, 0.29) is 34.3 Å². The Balaban J connectivity index is 1.81. The number of carbonyl (C=O) groups excluding carboxylic acids is 1. The summed E-state index contributed by atoms with van der Waals surface area (Å²) in [5, 5.41) is 11.0. The molecule has 0 N–H and O–H groups in total. The Morgan fingerprint density at radius 2 is 1.77 bits per heavy atom. The van der Waals surface area contributed by atoms with Crippen LogP contribution in [-0.2, 0) is 19.3 Å². The van der Waals surface area contributed by atoms with Crippen LogP contribution in [0, 0.1) is 10.1 Å². The first kappa shape index (κ1) is 20.9. The van der Waals surface area contributed by atoms with E-state index in [0.717, 1.165) is 0 Å². The molecule has 31 heavy (non-hydrogen) atoms. The molecule has 0 spiro atoms. The van der Waals surface area contributed by atoms with Crippen molar-refractivity contribution in [2.24, 2.45) is 0 Å². The van der Waals surface area contributed by atoms with E-state index in [9.17, 15) is 23.3 Å². The molecule has 2 aromatic carbocycles. The number of non-ortho nitro benzene ring substituents is 1.